The van der Waals surface area contributed by atoms with Crippen molar-refractivity contribution in [2.45, 2.75) is 19.9 Å². The number of sulfone groups is 1. The average molecular weight is 301 g/mol. The Morgan fingerprint density at radius 3 is 2.30 bits per heavy atom. The molecule has 0 heterocycles. The molecule has 0 aliphatic rings. The van der Waals surface area contributed by atoms with Crippen molar-refractivity contribution >= 4 is 9.84 Å². The van der Waals surface area contributed by atoms with Gasteiger partial charge in [0.2, 0.25) is 0 Å². The lowest BCUT2D eigenvalue weighted by atomic mass is 10.1. The van der Waals surface area contributed by atoms with Gasteiger partial charge in [-0.25, -0.2) is 8.42 Å². The van der Waals surface area contributed by atoms with E-state index in [0.717, 1.165) is 0 Å². The normalized spacial score (nSPS) is 13.3. The molecule has 0 aliphatic carbocycles. The molecule has 1 rings (SSSR count). The molecular formula is C14H23NO4S. The van der Waals surface area contributed by atoms with E-state index in [9.17, 15) is 8.42 Å². The standard InChI is InChI=1S/C14H23NO4S/c1-10(2)8-20(16,17)9-13(15)12-7-11(18-3)5-6-14(12)19-4/h5-7,10,13H,8-9,15H2,1-4H3. The van der Waals surface area contributed by atoms with Gasteiger partial charge in [-0.3, -0.25) is 0 Å². The molecule has 0 saturated heterocycles. The van der Waals surface area contributed by atoms with Crippen molar-refractivity contribution in [1.29, 1.82) is 0 Å². The first-order chi connectivity index (χ1) is 9.29. The minimum Gasteiger partial charge on any atom is -0.497 e. The van der Waals surface area contributed by atoms with Crippen LogP contribution in [0.5, 0.6) is 11.5 Å². The van der Waals surface area contributed by atoms with Gasteiger partial charge in [0.1, 0.15) is 11.5 Å². The number of ether oxygens (including phenoxy) is 2. The highest BCUT2D eigenvalue weighted by Crippen LogP contribution is 2.29. The van der Waals surface area contributed by atoms with Crippen LogP contribution in [0.4, 0.5) is 0 Å². The molecule has 0 fully saturated rings. The first-order valence-electron chi connectivity index (χ1n) is 6.47. The van der Waals surface area contributed by atoms with E-state index in [0.29, 0.717) is 17.1 Å². The second kappa shape index (κ2) is 6.95. The fourth-order valence-corrected chi connectivity index (χ4v) is 3.95. The highest BCUT2D eigenvalue weighted by molar-refractivity contribution is 7.91. The lowest BCUT2D eigenvalue weighted by Crippen LogP contribution is -2.25. The molecular weight excluding hydrogens is 278 g/mol. The lowest BCUT2D eigenvalue weighted by molar-refractivity contribution is 0.396. The van der Waals surface area contributed by atoms with Crippen LogP contribution in [0.1, 0.15) is 25.5 Å². The van der Waals surface area contributed by atoms with Gasteiger partial charge in [-0.15, -0.1) is 0 Å². The summed E-state index contributed by atoms with van der Waals surface area (Å²) in [7, 11) is -0.117. The molecule has 0 spiro atoms. The number of nitrogens with two attached hydrogens (primary N) is 1. The van der Waals surface area contributed by atoms with Crippen LogP contribution in [0, 0.1) is 5.92 Å². The Morgan fingerprint density at radius 2 is 1.80 bits per heavy atom. The van der Waals surface area contributed by atoms with Gasteiger partial charge in [0.15, 0.2) is 9.84 Å². The van der Waals surface area contributed by atoms with Gasteiger partial charge in [-0.05, 0) is 24.1 Å². The minimum absolute atomic E-state index is 0.0828. The van der Waals surface area contributed by atoms with Crippen molar-refractivity contribution in [1.82, 2.24) is 0 Å². The van der Waals surface area contributed by atoms with E-state index in [1.54, 1.807) is 25.3 Å². The first kappa shape index (κ1) is 16.8. The molecule has 0 saturated carbocycles. The average Bonchev–Trinajstić information content (AvgIpc) is 2.35. The summed E-state index contributed by atoms with van der Waals surface area (Å²) in [6, 6.07) is 4.55. The molecule has 20 heavy (non-hydrogen) atoms. The summed E-state index contributed by atoms with van der Waals surface area (Å²) in [5.41, 5.74) is 6.68. The number of rotatable bonds is 7. The fourth-order valence-electron chi connectivity index (χ4n) is 2.07. The van der Waals surface area contributed by atoms with Crippen LogP contribution < -0.4 is 15.2 Å². The van der Waals surface area contributed by atoms with Crippen LogP contribution in [0.2, 0.25) is 0 Å². The van der Waals surface area contributed by atoms with Crippen molar-refractivity contribution in [2.75, 3.05) is 25.7 Å². The summed E-state index contributed by atoms with van der Waals surface area (Å²) < 4.78 is 34.4. The van der Waals surface area contributed by atoms with Gasteiger partial charge in [0, 0.05) is 11.6 Å². The first-order valence-corrected chi connectivity index (χ1v) is 8.29. The van der Waals surface area contributed by atoms with Crippen LogP contribution in [0.25, 0.3) is 0 Å². The van der Waals surface area contributed by atoms with Crippen LogP contribution >= 0.6 is 0 Å². The summed E-state index contributed by atoms with van der Waals surface area (Å²) in [5, 5.41) is 0. The third kappa shape index (κ3) is 4.68. The van der Waals surface area contributed by atoms with Gasteiger partial charge < -0.3 is 15.2 Å². The number of hydrogen-bond acceptors (Lipinski definition) is 5. The van der Waals surface area contributed by atoms with Crippen LogP contribution in [-0.4, -0.2) is 34.1 Å². The third-order valence-electron chi connectivity index (χ3n) is 2.86. The monoisotopic (exact) mass is 301 g/mol. The summed E-state index contributed by atoms with van der Waals surface area (Å²) in [6.07, 6.45) is 0. The zero-order valence-electron chi connectivity index (χ0n) is 12.4. The molecule has 2 N–H and O–H groups in total. The van der Waals surface area contributed by atoms with Gasteiger partial charge in [0.25, 0.3) is 0 Å². The molecule has 5 nitrogen and oxygen atoms in total. The van der Waals surface area contributed by atoms with Crippen LogP contribution in [-0.2, 0) is 9.84 Å². The Kier molecular flexibility index (Phi) is 5.83. The molecule has 0 radical (unpaired) electrons. The second-order valence-corrected chi connectivity index (χ2v) is 7.34. The quantitative estimate of drug-likeness (QED) is 0.830. The highest BCUT2D eigenvalue weighted by atomic mass is 32.2. The largest absolute Gasteiger partial charge is 0.497 e. The fraction of sp³-hybridized carbons (Fsp3) is 0.571. The van der Waals surface area contributed by atoms with E-state index in [4.69, 9.17) is 15.2 Å². The maximum Gasteiger partial charge on any atom is 0.152 e. The van der Waals surface area contributed by atoms with E-state index in [1.807, 2.05) is 13.8 Å². The Morgan fingerprint density at radius 1 is 1.15 bits per heavy atom. The third-order valence-corrected chi connectivity index (χ3v) is 4.90. The summed E-state index contributed by atoms with van der Waals surface area (Å²) in [6.45, 7) is 3.74. The highest BCUT2D eigenvalue weighted by Gasteiger charge is 2.21. The van der Waals surface area contributed by atoms with Gasteiger partial charge in [-0.2, -0.15) is 0 Å². The van der Waals surface area contributed by atoms with Crippen molar-refractivity contribution in [3.05, 3.63) is 23.8 Å². The van der Waals surface area contributed by atoms with E-state index in [1.165, 1.54) is 7.11 Å². The summed E-state index contributed by atoms with van der Waals surface area (Å²) >= 11 is 0. The number of methoxy groups -OCH3 is 2. The maximum absolute atomic E-state index is 12.0. The van der Waals surface area contributed by atoms with E-state index in [-0.39, 0.29) is 17.4 Å². The molecule has 1 atom stereocenters. The van der Waals surface area contributed by atoms with Crippen molar-refractivity contribution in [3.63, 3.8) is 0 Å². The SMILES string of the molecule is COc1ccc(OC)c(C(N)CS(=O)(=O)CC(C)C)c1. The number of hydrogen-bond donors (Lipinski definition) is 1. The predicted molar refractivity (Wildman–Crippen MR) is 80.0 cm³/mol. The Balaban J connectivity index is 2.99. The predicted octanol–water partition coefficient (Wildman–Crippen LogP) is 1.77. The van der Waals surface area contributed by atoms with Gasteiger partial charge in [-0.1, -0.05) is 13.8 Å². The molecule has 1 aromatic carbocycles. The van der Waals surface area contributed by atoms with E-state index < -0.39 is 15.9 Å². The molecule has 0 amide bonds. The smallest absolute Gasteiger partial charge is 0.152 e. The second-order valence-electron chi connectivity index (χ2n) is 5.19. The van der Waals surface area contributed by atoms with Gasteiger partial charge in [0.05, 0.1) is 25.7 Å². The van der Waals surface area contributed by atoms with Crippen molar-refractivity contribution < 1.29 is 17.9 Å². The van der Waals surface area contributed by atoms with E-state index >= 15 is 0 Å². The number of benzene rings is 1. The molecule has 0 aliphatic heterocycles. The summed E-state index contributed by atoms with van der Waals surface area (Å²) in [5.74, 6) is 1.30. The van der Waals surface area contributed by atoms with Crippen molar-refractivity contribution in [2.24, 2.45) is 11.7 Å². The summed E-state index contributed by atoms with van der Waals surface area (Å²) in [4.78, 5) is 0. The molecule has 6 heteroatoms. The molecule has 0 bridgehead atoms. The lowest BCUT2D eigenvalue weighted by Gasteiger charge is -2.17. The molecule has 114 valence electrons. The van der Waals surface area contributed by atoms with Crippen LogP contribution in [0.15, 0.2) is 18.2 Å². The zero-order chi connectivity index (χ0) is 15.3. The van der Waals surface area contributed by atoms with Gasteiger partial charge >= 0.3 is 0 Å². The maximum atomic E-state index is 12.0. The Hall–Kier alpha value is -1.27. The van der Waals surface area contributed by atoms with Crippen LogP contribution in [0.3, 0.4) is 0 Å². The topological polar surface area (TPSA) is 78.6 Å². The Labute approximate surface area is 121 Å². The molecule has 1 unspecified atom stereocenters. The zero-order valence-corrected chi connectivity index (χ0v) is 13.2. The Bertz CT molecular complexity index is 540. The molecule has 0 aromatic heterocycles. The van der Waals surface area contributed by atoms with E-state index in [2.05, 4.69) is 0 Å². The molecule has 1 aromatic rings. The van der Waals surface area contributed by atoms with Crippen molar-refractivity contribution in [3.8, 4) is 11.5 Å². The minimum atomic E-state index is -3.19.